The Bertz CT molecular complexity index is 890. The molecule has 0 bridgehead atoms. The van der Waals surface area contributed by atoms with Gasteiger partial charge < -0.3 is 29.9 Å². The minimum Gasteiger partial charge on any atom is -0.496 e. The Kier molecular flexibility index (Phi) is 9.55. The number of nitrogens with one attached hydrogen (secondary N) is 2. The van der Waals surface area contributed by atoms with Crippen LogP contribution >= 0.6 is 11.6 Å². The predicted octanol–water partition coefficient (Wildman–Crippen LogP) is 2.53. The van der Waals surface area contributed by atoms with E-state index in [9.17, 15) is 14.4 Å². The molecule has 2 aliphatic heterocycles. The smallest absolute Gasteiger partial charge is 0.255 e. The maximum absolute atomic E-state index is 13.0. The number of halogens is 1. The molecule has 34 heavy (non-hydrogen) atoms. The van der Waals surface area contributed by atoms with E-state index in [2.05, 4.69) is 15.5 Å². The van der Waals surface area contributed by atoms with Gasteiger partial charge >= 0.3 is 0 Å². The third-order valence-electron chi connectivity index (χ3n) is 6.43. The molecule has 0 aromatic heterocycles. The number of ether oxygens (including phenoxy) is 2. The fraction of sp³-hybridized carbons (Fsp3) is 0.625. The SMILES string of the molecule is COc1cc(NC(C)=O)c(Cl)cc1C(=O)NC1CCN(CCCC(=O)N2CCCC2)CC1OC. The van der Waals surface area contributed by atoms with E-state index in [1.807, 2.05) is 4.90 Å². The average molecular weight is 495 g/mol. The number of hydrogen-bond acceptors (Lipinski definition) is 6. The van der Waals surface area contributed by atoms with Crippen molar-refractivity contribution in [1.82, 2.24) is 15.1 Å². The summed E-state index contributed by atoms with van der Waals surface area (Å²) in [5.41, 5.74) is 0.674. The van der Waals surface area contributed by atoms with Gasteiger partial charge in [0.25, 0.3) is 5.91 Å². The number of likely N-dealkylation sites (tertiary alicyclic amines) is 2. The van der Waals surface area contributed by atoms with E-state index < -0.39 is 0 Å². The minimum absolute atomic E-state index is 0.168. The molecule has 0 spiro atoms. The molecular formula is C24H35ClN4O5. The lowest BCUT2D eigenvalue weighted by molar-refractivity contribution is -0.130. The van der Waals surface area contributed by atoms with Crippen molar-refractivity contribution in [3.8, 4) is 5.75 Å². The van der Waals surface area contributed by atoms with Crippen molar-refractivity contribution in [2.45, 2.75) is 51.2 Å². The van der Waals surface area contributed by atoms with Gasteiger partial charge in [-0.15, -0.1) is 0 Å². The summed E-state index contributed by atoms with van der Waals surface area (Å²) >= 11 is 6.27. The Morgan fingerprint density at radius 2 is 1.88 bits per heavy atom. The zero-order chi connectivity index (χ0) is 24.7. The summed E-state index contributed by atoms with van der Waals surface area (Å²) in [7, 11) is 3.10. The summed E-state index contributed by atoms with van der Waals surface area (Å²) in [6.45, 7) is 5.48. The zero-order valence-electron chi connectivity index (χ0n) is 20.2. The normalized spacial score (nSPS) is 20.8. The van der Waals surface area contributed by atoms with Crippen molar-refractivity contribution in [3.05, 3.63) is 22.7 Å². The molecule has 2 fully saturated rings. The lowest BCUT2D eigenvalue weighted by atomic mass is 10.0. The molecule has 2 atom stereocenters. The molecule has 1 aromatic carbocycles. The van der Waals surface area contributed by atoms with E-state index in [1.54, 1.807) is 13.2 Å². The zero-order valence-corrected chi connectivity index (χ0v) is 21.0. The Labute approximate surface area is 206 Å². The Balaban J connectivity index is 1.54. The summed E-state index contributed by atoms with van der Waals surface area (Å²) < 4.78 is 11.0. The van der Waals surface area contributed by atoms with Gasteiger partial charge in [0, 0.05) is 52.7 Å². The van der Waals surface area contributed by atoms with E-state index in [0.717, 1.165) is 51.9 Å². The Hall–Kier alpha value is -2.36. The highest BCUT2D eigenvalue weighted by Gasteiger charge is 2.31. The number of rotatable bonds is 9. The average Bonchev–Trinajstić information content (AvgIpc) is 3.35. The molecule has 10 heteroatoms. The largest absolute Gasteiger partial charge is 0.496 e. The van der Waals surface area contributed by atoms with Crippen LogP contribution in [0.2, 0.25) is 5.02 Å². The van der Waals surface area contributed by atoms with Gasteiger partial charge in [-0.25, -0.2) is 0 Å². The molecule has 0 radical (unpaired) electrons. The lowest BCUT2D eigenvalue weighted by Gasteiger charge is -2.38. The molecule has 0 aliphatic carbocycles. The predicted molar refractivity (Wildman–Crippen MR) is 130 cm³/mol. The fourth-order valence-electron chi connectivity index (χ4n) is 4.60. The monoisotopic (exact) mass is 494 g/mol. The van der Waals surface area contributed by atoms with Crippen LogP contribution in [0.1, 0.15) is 49.4 Å². The van der Waals surface area contributed by atoms with Crippen LogP contribution in [0, 0.1) is 0 Å². The van der Waals surface area contributed by atoms with Crippen LogP contribution in [0.5, 0.6) is 5.75 Å². The number of amides is 3. The van der Waals surface area contributed by atoms with Crippen molar-refractivity contribution in [2.24, 2.45) is 0 Å². The van der Waals surface area contributed by atoms with Gasteiger partial charge in [0.2, 0.25) is 11.8 Å². The molecule has 2 unspecified atom stereocenters. The number of carbonyl (C=O) groups excluding carboxylic acids is 3. The quantitative estimate of drug-likeness (QED) is 0.547. The molecule has 0 saturated carbocycles. The standard InChI is InChI=1S/C24H35ClN4O5/c1-16(30)26-20-14-21(33-2)17(13-18(20)25)24(32)27-19-8-12-28(15-22(19)34-3)9-6-7-23(31)29-10-4-5-11-29/h13-14,19,22H,4-12,15H2,1-3H3,(H,26,30)(H,27,32). The fourth-order valence-corrected chi connectivity index (χ4v) is 4.81. The highest BCUT2D eigenvalue weighted by Crippen LogP contribution is 2.31. The van der Waals surface area contributed by atoms with E-state index in [4.69, 9.17) is 21.1 Å². The maximum Gasteiger partial charge on any atom is 0.255 e. The molecule has 9 nitrogen and oxygen atoms in total. The van der Waals surface area contributed by atoms with Crippen LogP contribution in [-0.4, -0.2) is 86.6 Å². The van der Waals surface area contributed by atoms with Gasteiger partial charge in [0.1, 0.15) is 5.75 Å². The van der Waals surface area contributed by atoms with Crippen molar-refractivity contribution in [1.29, 1.82) is 0 Å². The van der Waals surface area contributed by atoms with Crippen molar-refractivity contribution >= 4 is 35.0 Å². The highest BCUT2D eigenvalue weighted by atomic mass is 35.5. The van der Waals surface area contributed by atoms with Crippen LogP contribution in [0.15, 0.2) is 12.1 Å². The second-order valence-electron chi connectivity index (χ2n) is 8.85. The summed E-state index contributed by atoms with van der Waals surface area (Å²) in [4.78, 5) is 40.9. The molecule has 2 heterocycles. The third kappa shape index (κ3) is 6.84. The summed E-state index contributed by atoms with van der Waals surface area (Å²) in [5.74, 6) is -0.0131. The van der Waals surface area contributed by atoms with Gasteiger partial charge in [-0.2, -0.15) is 0 Å². The first-order valence-corrected chi connectivity index (χ1v) is 12.2. The summed E-state index contributed by atoms with van der Waals surface area (Å²) in [6.07, 6.45) is 4.16. The number of benzene rings is 1. The molecule has 3 rings (SSSR count). The highest BCUT2D eigenvalue weighted by molar-refractivity contribution is 6.34. The van der Waals surface area contributed by atoms with Crippen molar-refractivity contribution in [3.63, 3.8) is 0 Å². The lowest BCUT2D eigenvalue weighted by Crippen LogP contribution is -2.55. The Morgan fingerprint density at radius 1 is 1.15 bits per heavy atom. The van der Waals surface area contributed by atoms with Gasteiger partial charge in [0.05, 0.1) is 35.5 Å². The van der Waals surface area contributed by atoms with E-state index in [-0.39, 0.29) is 34.9 Å². The van der Waals surface area contributed by atoms with Gasteiger partial charge in [0.15, 0.2) is 0 Å². The van der Waals surface area contributed by atoms with Crippen LogP contribution in [0.4, 0.5) is 5.69 Å². The first-order chi connectivity index (χ1) is 16.3. The van der Waals surface area contributed by atoms with E-state index in [0.29, 0.717) is 30.0 Å². The number of anilines is 1. The topological polar surface area (TPSA) is 100 Å². The number of piperidine rings is 1. The van der Waals surface area contributed by atoms with Crippen molar-refractivity contribution < 1.29 is 23.9 Å². The summed E-state index contributed by atoms with van der Waals surface area (Å²) in [6, 6.07) is 2.87. The number of nitrogens with zero attached hydrogens (tertiary/aromatic N) is 2. The molecule has 3 amide bonds. The van der Waals surface area contributed by atoms with Gasteiger partial charge in [-0.05, 0) is 38.3 Å². The van der Waals surface area contributed by atoms with Gasteiger partial charge in [-0.3, -0.25) is 14.4 Å². The Morgan fingerprint density at radius 3 is 2.53 bits per heavy atom. The molecule has 2 N–H and O–H groups in total. The van der Waals surface area contributed by atoms with Gasteiger partial charge in [-0.1, -0.05) is 11.6 Å². The van der Waals surface area contributed by atoms with E-state index in [1.165, 1.54) is 20.1 Å². The number of methoxy groups -OCH3 is 2. The molecular weight excluding hydrogens is 460 g/mol. The number of carbonyl (C=O) groups is 3. The third-order valence-corrected chi connectivity index (χ3v) is 6.74. The van der Waals surface area contributed by atoms with Crippen molar-refractivity contribution in [2.75, 3.05) is 52.3 Å². The molecule has 1 aromatic rings. The number of hydrogen-bond donors (Lipinski definition) is 2. The molecule has 188 valence electrons. The first kappa shape index (κ1) is 26.2. The van der Waals surface area contributed by atoms with Crippen LogP contribution < -0.4 is 15.4 Å². The second kappa shape index (κ2) is 12.4. The van der Waals surface area contributed by atoms with Crippen LogP contribution in [0.3, 0.4) is 0 Å². The summed E-state index contributed by atoms with van der Waals surface area (Å²) in [5, 5.41) is 5.93. The van der Waals surface area contributed by atoms with Crippen LogP contribution in [-0.2, 0) is 14.3 Å². The first-order valence-electron chi connectivity index (χ1n) is 11.8. The van der Waals surface area contributed by atoms with Crippen LogP contribution in [0.25, 0.3) is 0 Å². The molecule has 2 saturated heterocycles. The minimum atomic E-state index is -0.315. The maximum atomic E-state index is 13.0. The van der Waals surface area contributed by atoms with E-state index >= 15 is 0 Å². The molecule has 2 aliphatic rings. The second-order valence-corrected chi connectivity index (χ2v) is 9.26.